The van der Waals surface area contributed by atoms with Gasteiger partial charge in [0.2, 0.25) is 0 Å². The summed E-state index contributed by atoms with van der Waals surface area (Å²) in [6, 6.07) is 3.62. The Morgan fingerprint density at radius 1 is 1.61 bits per heavy atom. The monoisotopic (exact) mass is 248 g/mol. The van der Waals surface area contributed by atoms with Crippen LogP contribution in [0.25, 0.3) is 0 Å². The highest BCUT2D eigenvalue weighted by molar-refractivity contribution is 5.93. The first kappa shape index (κ1) is 13.0. The molecular formula is C14H20N2O2. The minimum absolute atomic E-state index is 0.0873. The fourth-order valence-corrected chi connectivity index (χ4v) is 2.34. The number of likely N-dealkylation sites (tertiary alicyclic amines) is 1. The highest BCUT2D eigenvalue weighted by atomic mass is 16.5. The van der Waals surface area contributed by atoms with Gasteiger partial charge in [-0.15, -0.1) is 0 Å². The molecule has 4 heteroatoms. The van der Waals surface area contributed by atoms with Crippen LogP contribution in [-0.4, -0.2) is 42.1 Å². The zero-order valence-electron chi connectivity index (χ0n) is 10.8. The standard InChI is InChI=1S/C14H20N2O2/c1-2-18-11-12-5-4-8-16(10-12)14(17)13-6-3-7-15-9-13/h3,6-7,9,12H,2,4-5,8,10-11H2,1H3. The van der Waals surface area contributed by atoms with Gasteiger partial charge in [-0.25, -0.2) is 0 Å². The summed E-state index contributed by atoms with van der Waals surface area (Å²) in [5.41, 5.74) is 0.676. The number of rotatable bonds is 4. The minimum atomic E-state index is 0.0873. The van der Waals surface area contributed by atoms with Crippen LogP contribution in [0.1, 0.15) is 30.1 Å². The van der Waals surface area contributed by atoms with Gasteiger partial charge in [0.1, 0.15) is 0 Å². The van der Waals surface area contributed by atoms with Crippen LogP contribution < -0.4 is 0 Å². The molecule has 1 unspecified atom stereocenters. The number of amides is 1. The second-order valence-corrected chi connectivity index (χ2v) is 4.66. The molecule has 98 valence electrons. The number of aromatic nitrogens is 1. The Hall–Kier alpha value is -1.42. The van der Waals surface area contributed by atoms with Crippen molar-refractivity contribution >= 4 is 5.91 Å². The number of piperidine rings is 1. The van der Waals surface area contributed by atoms with E-state index in [0.717, 1.165) is 39.1 Å². The molecule has 1 aromatic rings. The van der Waals surface area contributed by atoms with Gasteiger partial charge in [0.25, 0.3) is 5.91 Å². The third-order valence-corrected chi connectivity index (χ3v) is 3.27. The summed E-state index contributed by atoms with van der Waals surface area (Å²) in [6.45, 7) is 5.14. The van der Waals surface area contributed by atoms with Gasteiger partial charge < -0.3 is 9.64 Å². The average molecular weight is 248 g/mol. The lowest BCUT2D eigenvalue weighted by Gasteiger charge is -2.32. The van der Waals surface area contributed by atoms with Gasteiger partial charge >= 0.3 is 0 Å². The molecule has 0 aliphatic carbocycles. The largest absolute Gasteiger partial charge is 0.381 e. The molecule has 2 rings (SSSR count). The highest BCUT2D eigenvalue weighted by Gasteiger charge is 2.24. The molecular weight excluding hydrogens is 228 g/mol. The SMILES string of the molecule is CCOCC1CCCN(C(=O)c2cccnc2)C1. The molecule has 0 N–H and O–H groups in total. The number of carbonyl (C=O) groups is 1. The number of ether oxygens (including phenoxy) is 1. The van der Waals surface area contributed by atoms with Gasteiger partial charge in [-0.2, -0.15) is 0 Å². The molecule has 0 bridgehead atoms. The third kappa shape index (κ3) is 3.29. The van der Waals surface area contributed by atoms with Crippen LogP contribution in [0.4, 0.5) is 0 Å². The van der Waals surface area contributed by atoms with Crippen molar-refractivity contribution in [2.24, 2.45) is 5.92 Å². The Labute approximate surface area is 108 Å². The zero-order valence-corrected chi connectivity index (χ0v) is 10.8. The maximum Gasteiger partial charge on any atom is 0.255 e. The van der Waals surface area contributed by atoms with Crippen molar-refractivity contribution in [1.29, 1.82) is 0 Å². The molecule has 0 spiro atoms. The Kier molecular flexibility index (Phi) is 4.70. The Bertz CT molecular complexity index is 381. The second-order valence-electron chi connectivity index (χ2n) is 4.66. The topological polar surface area (TPSA) is 42.4 Å². The fourth-order valence-electron chi connectivity index (χ4n) is 2.34. The smallest absolute Gasteiger partial charge is 0.255 e. The van der Waals surface area contributed by atoms with E-state index in [1.165, 1.54) is 0 Å². The Morgan fingerprint density at radius 2 is 2.50 bits per heavy atom. The first-order valence-corrected chi connectivity index (χ1v) is 6.58. The molecule has 1 aromatic heterocycles. The van der Waals surface area contributed by atoms with E-state index >= 15 is 0 Å². The lowest BCUT2D eigenvalue weighted by Crippen LogP contribution is -2.41. The second kappa shape index (κ2) is 6.50. The first-order chi connectivity index (χ1) is 8.81. The predicted molar refractivity (Wildman–Crippen MR) is 69.4 cm³/mol. The Morgan fingerprint density at radius 3 is 3.22 bits per heavy atom. The van der Waals surface area contributed by atoms with Crippen molar-refractivity contribution in [1.82, 2.24) is 9.88 Å². The lowest BCUT2D eigenvalue weighted by atomic mass is 9.98. The molecule has 1 aliphatic heterocycles. The van der Waals surface area contributed by atoms with Crippen LogP contribution in [0.15, 0.2) is 24.5 Å². The summed E-state index contributed by atoms with van der Waals surface area (Å²) in [4.78, 5) is 18.2. The number of carbonyl (C=O) groups excluding carboxylic acids is 1. The summed E-state index contributed by atoms with van der Waals surface area (Å²) in [5, 5.41) is 0. The van der Waals surface area contributed by atoms with Gasteiger partial charge in [0.05, 0.1) is 12.2 Å². The number of pyridine rings is 1. The van der Waals surface area contributed by atoms with Crippen LogP contribution in [0, 0.1) is 5.92 Å². The first-order valence-electron chi connectivity index (χ1n) is 6.58. The predicted octanol–water partition coefficient (Wildman–Crippen LogP) is 1.97. The van der Waals surface area contributed by atoms with Crippen molar-refractivity contribution in [2.75, 3.05) is 26.3 Å². The van der Waals surface area contributed by atoms with Crippen LogP contribution in [0.5, 0.6) is 0 Å². The lowest BCUT2D eigenvalue weighted by molar-refractivity contribution is 0.0500. The van der Waals surface area contributed by atoms with Gasteiger partial charge in [0.15, 0.2) is 0 Å². The summed E-state index contributed by atoms with van der Waals surface area (Å²) in [6.07, 6.45) is 5.53. The van der Waals surface area contributed by atoms with E-state index in [4.69, 9.17) is 4.74 Å². The molecule has 1 saturated heterocycles. The molecule has 0 radical (unpaired) electrons. The van der Waals surface area contributed by atoms with Gasteiger partial charge in [-0.1, -0.05) is 0 Å². The molecule has 1 aliphatic rings. The van der Waals surface area contributed by atoms with Gasteiger partial charge in [-0.3, -0.25) is 9.78 Å². The van der Waals surface area contributed by atoms with E-state index < -0.39 is 0 Å². The van der Waals surface area contributed by atoms with E-state index in [2.05, 4.69) is 4.98 Å². The maximum absolute atomic E-state index is 12.3. The van der Waals surface area contributed by atoms with Crippen molar-refractivity contribution in [3.05, 3.63) is 30.1 Å². The average Bonchev–Trinajstić information content (AvgIpc) is 2.45. The van der Waals surface area contributed by atoms with Gasteiger partial charge in [0, 0.05) is 32.1 Å². The van der Waals surface area contributed by atoms with Crippen LogP contribution in [0.2, 0.25) is 0 Å². The maximum atomic E-state index is 12.3. The van der Waals surface area contributed by atoms with Crippen LogP contribution >= 0.6 is 0 Å². The molecule has 0 saturated carbocycles. The highest BCUT2D eigenvalue weighted by Crippen LogP contribution is 2.18. The molecule has 1 amide bonds. The number of nitrogens with zero attached hydrogens (tertiary/aromatic N) is 2. The summed E-state index contributed by atoms with van der Waals surface area (Å²) < 4.78 is 5.46. The van der Waals surface area contributed by atoms with Crippen LogP contribution in [-0.2, 0) is 4.74 Å². The zero-order chi connectivity index (χ0) is 12.8. The van der Waals surface area contributed by atoms with E-state index in [9.17, 15) is 4.79 Å². The minimum Gasteiger partial charge on any atom is -0.381 e. The Balaban J connectivity index is 1.94. The number of hydrogen-bond acceptors (Lipinski definition) is 3. The molecule has 0 aromatic carbocycles. The van der Waals surface area contributed by atoms with Crippen molar-refractivity contribution < 1.29 is 9.53 Å². The van der Waals surface area contributed by atoms with Crippen molar-refractivity contribution in [2.45, 2.75) is 19.8 Å². The molecule has 4 nitrogen and oxygen atoms in total. The normalized spacial score (nSPS) is 19.8. The summed E-state index contributed by atoms with van der Waals surface area (Å²) in [5.74, 6) is 0.559. The molecule has 2 heterocycles. The van der Waals surface area contributed by atoms with Crippen LogP contribution in [0.3, 0.4) is 0 Å². The number of hydrogen-bond donors (Lipinski definition) is 0. The van der Waals surface area contributed by atoms with E-state index in [0.29, 0.717) is 11.5 Å². The molecule has 1 fully saturated rings. The molecule has 1 atom stereocenters. The van der Waals surface area contributed by atoms with E-state index in [1.807, 2.05) is 17.9 Å². The fraction of sp³-hybridized carbons (Fsp3) is 0.571. The third-order valence-electron chi connectivity index (χ3n) is 3.27. The van der Waals surface area contributed by atoms with Crippen molar-refractivity contribution in [3.63, 3.8) is 0 Å². The quantitative estimate of drug-likeness (QED) is 0.818. The van der Waals surface area contributed by atoms with E-state index in [-0.39, 0.29) is 5.91 Å². The van der Waals surface area contributed by atoms with E-state index in [1.54, 1.807) is 18.5 Å². The van der Waals surface area contributed by atoms with Gasteiger partial charge in [-0.05, 0) is 37.8 Å². The molecule has 18 heavy (non-hydrogen) atoms. The van der Waals surface area contributed by atoms with Crippen molar-refractivity contribution in [3.8, 4) is 0 Å². The summed E-state index contributed by atoms with van der Waals surface area (Å²) >= 11 is 0. The summed E-state index contributed by atoms with van der Waals surface area (Å²) in [7, 11) is 0.